The summed E-state index contributed by atoms with van der Waals surface area (Å²) in [6, 6.07) is 30.4. The first-order valence-electron chi connectivity index (χ1n) is 14.7. The summed E-state index contributed by atoms with van der Waals surface area (Å²) in [4.78, 5) is 32.9. The van der Waals surface area contributed by atoms with Crippen LogP contribution in [0.25, 0.3) is 54.8 Å². The number of amides is 1. The van der Waals surface area contributed by atoms with Crippen LogP contribution < -0.4 is 0 Å². The first-order valence-corrected chi connectivity index (χ1v) is 15.5. The normalized spacial score (nSPS) is 13.6. The summed E-state index contributed by atoms with van der Waals surface area (Å²) in [6.07, 6.45) is 3.17. The first kappa shape index (κ1) is 27.1. The van der Waals surface area contributed by atoms with Crippen LogP contribution in [-0.2, 0) is 11.3 Å². The highest BCUT2D eigenvalue weighted by Crippen LogP contribution is 2.45. The molecule has 43 heavy (non-hydrogen) atoms. The number of aryl methyl sites for hydroxylation is 1. The Hall–Kier alpha value is -4.75. The minimum atomic E-state index is -0.961. The summed E-state index contributed by atoms with van der Waals surface area (Å²) in [5.74, 6) is -0.900. The Kier molecular flexibility index (Phi) is 7.03. The third kappa shape index (κ3) is 5.00. The first-order chi connectivity index (χ1) is 21.0. The highest BCUT2D eigenvalue weighted by atomic mass is 32.1. The molecule has 4 heterocycles. The molecule has 0 spiro atoms. The molecule has 1 saturated heterocycles. The molecule has 0 unspecified atom stereocenters. The smallest absolute Gasteiger partial charge is 0.345 e. The van der Waals surface area contributed by atoms with E-state index in [1.54, 1.807) is 6.07 Å². The fourth-order valence-corrected chi connectivity index (χ4v) is 7.30. The van der Waals surface area contributed by atoms with Gasteiger partial charge in [0.2, 0.25) is 5.91 Å². The van der Waals surface area contributed by atoms with Crippen LogP contribution in [0.4, 0.5) is 0 Å². The number of rotatable bonds is 6. The molecule has 7 rings (SSSR count). The second kappa shape index (κ2) is 11.2. The molecule has 7 heteroatoms. The van der Waals surface area contributed by atoms with E-state index in [1.165, 1.54) is 16.9 Å². The van der Waals surface area contributed by atoms with Crippen LogP contribution >= 0.6 is 11.3 Å². The van der Waals surface area contributed by atoms with Gasteiger partial charge in [-0.2, -0.15) is 0 Å². The molecule has 6 nitrogen and oxygen atoms in total. The van der Waals surface area contributed by atoms with Crippen LogP contribution in [0, 0.1) is 6.92 Å². The summed E-state index contributed by atoms with van der Waals surface area (Å²) in [5, 5.41) is 10.9. The number of hydrogen-bond donors (Lipinski definition) is 1. The number of carboxylic acids is 1. The van der Waals surface area contributed by atoms with E-state index in [0.717, 1.165) is 87.1 Å². The highest BCUT2D eigenvalue weighted by molar-refractivity contribution is 7.21. The van der Waals surface area contributed by atoms with E-state index < -0.39 is 5.97 Å². The van der Waals surface area contributed by atoms with E-state index in [2.05, 4.69) is 43.3 Å². The lowest BCUT2D eigenvalue weighted by Crippen LogP contribution is -2.37. The van der Waals surface area contributed by atoms with Crippen molar-refractivity contribution in [2.75, 3.05) is 13.1 Å². The van der Waals surface area contributed by atoms with Gasteiger partial charge in [-0.15, -0.1) is 11.3 Å². The SMILES string of the molecule is Cc1ccccc1-c1ccc2cc(-c3c(-c4ccccc4)c4sc(C(=O)O)cc4n3CC(=O)N3CCCCC3)ccc2n1. The minimum absolute atomic E-state index is 0.0610. The molecule has 1 amide bonds. The number of thiophene rings is 1. The van der Waals surface area contributed by atoms with Gasteiger partial charge in [0.05, 0.1) is 27.1 Å². The minimum Gasteiger partial charge on any atom is -0.477 e. The van der Waals surface area contributed by atoms with E-state index in [9.17, 15) is 14.7 Å². The summed E-state index contributed by atoms with van der Waals surface area (Å²) in [7, 11) is 0. The maximum atomic E-state index is 13.7. The van der Waals surface area contributed by atoms with Gasteiger partial charge < -0.3 is 14.6 Å². The van der Waals surface area contributed by atoms with E-state index in [-0.39, 0.29) is 17.3 Å². The van der Waals surface area contributed by atoms with E-state index >= 15 is 0 Å². The van der Waals surface area contributed by atoms with Crippen LogP contribution in [0.1, 0.15) is 34.5 Å². The average Bonchev–Trinajstić information content (AvgIpc) is 3.60. The molecule has 0 radical (unpaired) electrons. The number of fused-ring (bicyclic) bond motifs is 2. The quantitative estimate of drug-likeness (QED) is 0.213. The molecule has 6 aromatic rings. The number of nitrogens with zero attached hydrogens (tertiary/aromatic N) is 3. The predicted octanol–water partition coefficient (Wildman–Crippen LogP) is 8.27. The second-order valence-corrected chi connectivity index (χ2v) is 12.2. The summed E-state index contributed by atoms with van der Waals surface area (Å²) in [6.45, 7) is 3.77. The summed E-state index contributed by atoms with van der Waals surface area (Å²) >= 11 is 1.27. The van der Waals surface area contributed by atoms with Crippen LogP contribution in [0.2, 0.25) is 0 Å². The summed E-state index contributed by atoms with van der Waals surface area (Å²) in [5.41, 5.74) is 8.69. The molecule has 0 aliphatic carbocycles. The fourth-order valence-electron chi connectivity index (χ4n) is 6.23. The Bertz CT molecular complexity index is 2000. The molecule has 0 bridgehead atoms. The van der Waals surface area contributed by atoms with Gasteiger partial charge >= 0.3 is 5.97 Å². The number of aromatic carboxylic acids is 1. The van der Waals surface area contributed by atoms with Crippen molar-refractivity contribution < 1.29 is 14.7 Å². The van der Waals surface area contributed by atoms with Crippen molar-refractivity contribution >= 4 is 44.3 Å². The molecule has 0 saturated carbocycles. The number of carbonyl (C=O) groups excluding carboxylic acids is 1. The second-order valence-electron chi connectivity index (χ2n) is 11.2. The van der Waals surface area contributed by atoms with Gasteiger partial charge in [-0.05, 0) is 67.1 Å². The van der Waals surface area contributed by atoms with Crippen LogP contribution in [0.15, 0.2) is 91.0 Å². The highest BCUT2D eigenvalue weighted by Gasteiger charge is 2.27. The van der Waals surface area contributed by atoms with Crippen molar-refractivity contribution in [3.63, 3.8) is 0 Å². The molecule has 1 aliphatic rings. The zero-order valence-electron chi connectivity index (χ0n) is 23.9. The number of likely N-dealkylation sites (tertiary alicyclic amines) is 1. The van der Waals surface area contributed by atoms with Gasteiger partial charge in [-0.3, -0.25) is 4.79 Å². The van der Waals surface area contributed by atoms with E-state index in [4.69, 9.17) is 4.98 Å². The predicted molar refractivity (Wildman–Crippen MR) is 174 cm³/mol. The van der Waals surface area contributed by atoms with Crippen molar-refractivity contribution in [2.45, 2.75) is 32.7 Å². The van der Waals surface area contributed by atoms with E-state index in [0.29, 0.717) is 0 Å². The topological polar surface area (TPSA) is 75.4 Å². The van der Waals surface area contributed by atoms with Crippen LogP contribution in [0.3, 0.4) is 0 Å². The van der Waals surface area contributed by atoms with Crippen LogP contribution in [0.5, 0.6) is 0 Å². The van der Waals surface area contributed by atoms with Crippen molar-refractivity contribution in [3.05, 3.63) is 101 Å². The Morgan fingerprint density at radius 3 is 2.40 bits per heavy atom. The van der Waals surface area contributed by atoms with Gasteiger partial charge in [0.15, 0.2) is 0 Å². The lowest BCUT2D eigenvalue weighted by atomic mass is 9.99. The monoisotopic (exact) mass is 585 g/mol. The number of pyridine rings is 1. The molecule has 0 atom stereocenters. The molecule has 1 N–H and O–H groups in total. The van der Waals surface area contributed by atoms with Crippen molar-refractivity contribution in [2.24, 2.45) is 0 Å². The zero-order chi connectivity index (χ0) is 29.5. The molecular formula is C36H31N3O3S. The number of piperidine rings is 1. The molecule has 3 aromatic carbocycles. The molecule has 3 aromatic heterocycles. The number of carbonyl (C=O) groups is 2. The van der Waals surface area contributed by atoms with Crippen molar-refractivity contribution in [1.82, 2.24) is 14.5 Å². The van der Waals surface area contributed by atoms with Crippen LogP contribution in [-0.4, -0.2) is 44.5 Å². The Morgan fingerprint density at radius 2 is 1.63 bits per heavy atom. The lowest BCUT2D eigenvalue weighted by molar-refractivity contribution is -0.132. The Morgan fingerprint density at radius 1 is 0.860 bits per heavy atom. The number of carboxylic acid groups (broad SMARTS) is 1. The van der Waals surface area contributed by atoms with Gasteiger partial charge in [-0.1, -0.05) is 66.7 Å². The van der Waals surface area contributed by atoms with Gasteiger partial charge in [0.1, 0.15) is 11.4 Å². The largest absolute Gasteiger partial charge is 0.477 e. The Balaban J connectivity index is 1.42. The van der Waals surface area contributed by atoms with Gasteiger partial charge in [-0.25, -0.2) is 9.78 Å². The average molecular weight is 586 g/mol. The summed E-state index contributed by atoms with van der Waals surface area (Å²) < 4.78 is 2.91. The van der Waals surface area contributed by atoms with Crippen molar-refractivity contribution in [3.8, 4) is 33.6 Å². The lowest BCUT2D eigenvalue weighted by Gasteiger charge is -2.27. The molecule has 214 valence electrons. The number of hydrogen-bond acceptors (Lipinski definition) is 4. The standard InChI is InChI=1S/C36H31N3O3S/c1-23-10-6-7-13-27(23)29-17-14-25-20-26(15-16-28(25)37-29)34-33(24-11-4-2-5-12-24)35-30(21-31(43-35)36(41)42)39(34)22-32(40)38-18-8-3-9-19-38/h2,4-7,10-17,20-21H,3,8-9,18-19,22H2,1H3,(H,41,42). The number of aromatic nitrogens is 2. The van der Waals surface area contributed by atoms with Crippen molar-refractivity contribution in [1.29, 1.82) is 0 Å². The van der Waals surface area contributed by atoms with Gasteiger partial charge in [0, 0.05) is 29.6 Å². The maximum absolute atomic E-state index is 13.7. The number of benzene rings is 3. The fraction of sp³-hybridized carbons (Fsp3) is 0.194. The third-order valence-electron chi connectivity index (χ3n) is 8.40. The maximum Gasteiger partial charge on any atom is 0.345 e. The third-order valence-corrected chi connectivity index (χ3v) is 9.53. The zero-order valence-corrected chi connectivity index (χ0v) is 24.7. The van der Waals surface area contributed by atoms with E-state index in [1.807, 2.05) is 58.0 Å². The molecule has 1 fully saturated rings. The molecule has 1 aliphatic heterocycles. The molecular weight excluding hydrogens is 554 g/mol. The van der Waals surface area contributed by atoms with Gasteiger partial charge in [0.25, 0.3) is 0 Å². The Labute approximate surface area is 253 Å².